The van der Waals surface area contributed by atoms with E-state index < -0.39 is 5.41 Å². The molecular weight excluding hydrogens is 346 g/mol. The van der Waals surface area contributed by atoms with Gasteiger partial charge in [-0.25, -0.2) is 0 Å². The molecule has 0 aromatic heterocycles. The summed E-state index contributed by atoms with van der Waals surface area (Å²) >= 11 is 5.36. The minimum absolute atomic E-state index is 0.0693. The number of nitrogens with one attached hydrogen (secondary N) is 1. The number of amides is 2. The molecule has 2 atom stereocenters. The Hall–Kier alpha value is -1.95. The zero-order chi connectivity index (χ0) is 17.9. The standard InChI is InChI=1S/C20H23N3O2S/c24-17-20(18(25)23(14-9-10-14)19(26)21-17)12-13-6-3-4-7-15(13)22-11-5-1-2-8-16(20)22/h3-4,6-7,14,16H,1-2,5,8-12H2,(H,21,24,26)/t16-,20+/m0/s1. The molecule has 1 aromatic carbocycles. The number of fused-ring (bicyclic) bond motifs is 4. The lowest BCUT2D eigenvalue weighted by Gasteiger charge is -2.52. The van der Waals surface area contributed by atoms with Crippen LogP contribution in [-0.2, 0) is 16.0 Å². The average molecular weight is 369 g/mol. The lowest BCUT2D eigenvalue weighted by molar-refractivity contribution is -0.152. The quantitative estimate of drug-likeness (QED) is 0.610. The summed E-state index contributed by atoms with van der Waals surface area (Å²) in [5.74, 6) is -0.268. The van der Waals surface area contributed by atoms with E-state index in [1.165, 1.54) is 5.69 Å². The van der Waals surface area contributed by atoms with E-state index in [-0.39, 0.29) is 23.9 Å². The molecule has 1 aliphatic carbocycles. The fourth-order valence-corrected chi connectivity index (χ4v) is 5.38. The van der Waals surface area contributed by atoms with Gasteiger partial charge in [0.1, 0.15) is 0 Å². The van der Waals surface area contributed by atoms with Gasteiger partial charge in [0.2, 0.25) is 11.8 Å². The number of para-hydroxylation sites is 1. The molecule has 1 saturated carbocycles. The Morgan fingerprint density at radius 3 is 2.69 bits per heavy atom. The van der Waals surface area contributed by atoms with Crippen molar-refractivity contribution in [2.24, 2.45) is 5.41 Å². The molecule has 0 unspecified atom stereocenters. The largest absolute Gasteiger partial charge is 0.367 e. The Morgan fingerprint density at radius 2 is 1.88 bits per heavy atom. The first-order valence-corrected chi connectivity index (χ1v) is 10.1. The fourth-order valence-electron chi connectivity index (χ4n) is 5.06. The third kappa shape index (κ3) is 2.17. The predicted molar refractivity (Wildman–Crippen MR) is 103 cm³/mol. The Morgan fingerprint density at radius 1 is 1.08 bits per heavy atom. The van der Waals surface area contributed by atoms with Crippen molar-refractivity contribution in [1.29, 1.82) is 0 Å². The van der Waals surface area contributed by atoms with Crippen molar-refractivity contribution in [2.75, 3.05) is 11.4 Å². The molecule has 3 fully saturated rings. The van der Waals surface area contributed by atoms with E-state index in [0.717, 1.165) is 50.6 Å². The topological polar surface area (TPSA) is 52.7 Å². The van der Waals surface area contributed by atoms with Crippen LogP contribution in [0.2, 0.25) is 0 Å². The Labute approximate surface area is 158 Å². The van der Waals surface area contributed by atoms with Gasteiger partial charge in [-0.15, -0.1) is 0 Å². The number of nitrogens with zero attached hydrogens (tertiary/aromatic N) is 2. The van der Waals surface area contributed by atoms with Gasteiger partial charge in [0.15, 0.2) is 10.5 Å². The highest BCUT2D eigenvalue weighted by molar-refractivity contribution is 7.80. The number of anilines is 1. The van der Waals surface area contributed by atoms with Crippen molar-refractivity contribution in [2.45, 2.75) is 57.0 Å². The van der Waals surface area contributed by atoms with Gasteiger partial charge in [0.05, 0.1) is 6.04 Å². The summed E-state index contributed by atoms with van der Waals surface area (Å²) < 4.78 is 0. The van der Waals surface area contributed by atoms with Crippen LogP contribution in [0.4, 0.5) is 5.69 Å². The van der Waals surface area contributed by atoms with Crippen molar-refractivity contribution in [1.82, 2.24) is 10.2 Å². The monoisotopic (exact) mass is 369 g/mol. The van der Waals surface area contributed by atoms with Crippen LogP contribution in [0.5, 0.6) is 0 Å². The van der Waals surface area contributed by atoms with Crippen molar-refractivity contribution >= 4 is 34.8 Å². The van der Waals surface area contributed by atoms with Crippen LogP contribution in [0.1, 0.15) is 44.1 Å². The van der Waals surface area contributed by atoms with Crippen LogP contribution in [0.15, 0.2) is 24.3 Å². The molecular formula is C20H23N3O2S. The second-order valence-electron chi connectivity index (χ2n) is 8.00. The molecule has 1 aromatic rings. The average Bonchev–Trinajstić information content (AvgIpc) is 3.46. The third-order valence-electron chi connectivity index (χ3n) is 6.45. The summed E-state index contributed by atoms with van der Waals surface area (Å²) in [4.78, 5) is 31.1. The Balaban J connectivity index is 1.67. The maximum absolute atomic E-state index is 13.7. The van der Waals surface area contributed by atoms with Gasteiger partial charge in [-0.2, -0.15) is 0 Å². The van der Waals surface area contributed by atoms with Gasteiger partial charge in [-0.1, -0.05) is 31.0 Å². The maximum atomic E-state index is 13.7. The van der Waals surface area contributed by atoms with Crippen molar-refractivity contribution in [3.63, 3.8) is 0 Å². The number of hydrogen-bond acceptors (Lipinski definition) is 4. The van der Waals surface area contributed by atoms with E-state index in [0.29, 0.717) is 11.5 Å². The summed E-state index contributed by atoms with van der Waals surface area (Å²) in [5, 5.41) is 3.20. The molecule has 5 rings (SSSR count). The number of carbonyl (C=O) groups excluding carboxylic acids is 2. The first-order chi connectivity index (χ1) is 12.6. The van der Waals surface area contributed by atoms with E-state index in [9.17, 15) is 9.59 Å². The number of carbonyl (C=O) groups is 2. The van der Waals surface area contributed by atoms with Crippen LogP contribution in [0, 0.1) is 5.41 Å². The molecule has 3 heterocycles. The summed E-state index contributed by atoms with van der Waals surface area (Å²) in [5.41, 5.74) is 1.23. The Bertz CT molecular complexity index is 806. The first kappa shape index (κ1) is 16.2. The lowest BCUT2D eigenvalue weighted by Crippen LogP contribution is -2.72. The zero-order valence-electron chi connectivity index (χ0n) is 14.7. The lowest BCUT2D eigenvalue weighted by atomic mass is 9.67. The minimum Gasteiger partial charge on any atom is -0.367 e. The van der Waals surface area contributed by atoms with Gasteiger partial charge in [0, 0.05) is 18.3 Å². The van der Waals surface area contributed by atoms with E-state index in [1.807, 2.05) is 12.1 Å². The molecule has 2 saturated heterocycles. The molecule has 2 amide bonds. The molecule has 0 bridgehead atoms. The molecule has 26 heavy (non-hydrogen) atoms. The predicted octanol–water partition coefficient (Wildman–Crippen LogP) is 2.38. The molecule has 136 valence electrons. The van der Waals surface area contributed by atoms with E-state index in [1.54, 1.807) is 4.90 Å². The van der Waals surface area contributed by atoms with Crippen molar-refractivity contribution < 1.29 is 9.59 Å². The second-order valence-corrected chi connectivity index (χ2v) is 8.39. The Kier molecular flexibility index (Phi) is 3.61. The van der Waals surface area contributed by atoms with E-state index in [4.69, 9.17) is 12.2 Å². The summed E-state index contributed by atoms with van der Waals surface area (Å²) in [6.45, 7) is 0.901. The van der Waals surface area contributed by atoms with Gasteiger partial charge >= 0.3 is 0 Å². The van der Waals surface area contributed by atoms with Crippen LogP contribution in [0.3, 0.4) is 0 Å². The van der Waals surface area contributed by atoms with E-state index >= 15 is 0 Å². The summed E-state index contributed by atoms with van der Waals surface area (Å²) in [7, 11) is 0. The maximum Gasteiger partial charge on any atom is 0.247 e. The zero-order valence-corrected chi connectivity index (χ0v) is 15.6. The molecule has 1 spiro atoms. The molecule has 0 radical (unpaired) electrons. The smallest absolute Gasteiger partial charge is 0.247 e. The van der Waals surface area contributed by atoms with Crippen molar-refractivity contribution in [3.8, 4) is 0 Å². The van der Waals surface area contributed by atoms with Crippen molar-refractivity contribution in [3.05, 3.63) is 29.8 Å². The normalized spacial score (nSPS) is 31.4. The number of thiocarbonyl (C=S) groups is 1. The molecule has 1 N–H and O–H groups in total. The number of rotatable bonds is 1. The number of benzene rings is 1. The van der Waals surface area contributed by atoms with Crippen LogP contribution >= 0.6 is 12.2 Å². The SMILES string of the molecule is O=C1NC(=S)N(C2CC2)C(=O)[C@@]12Cc1ccccc1N1CCCCC[C@H]12. The number of hydrogen-bond donors (Lipinski definition) is 1. The van der Waals surface area contributed by atoms with Crippen LogP contribution in [-0.4, -0.2) is 40.5 Å². The van der Waals surface area contributed by atoms with Crippen LogP contribution in [0.25, 0.3) is 0 Å². The van der Waals surface area contributed by atoms with Gasteiger partial charge in [-0.05, 0) is 56.0 Å². The first-order valence-electron chi connectivity index (χ1n) is 9.66. The molecule has 4 aliphatic rings. The third-order valence-corrected chi connectivity index (χ3v) is 6.75. The van der Waals surface area contributed by atoms with Gasteiger partial charge < -0.3 is 10.2 Å². The highest BCUT2D eigenvalue weighted by Gasteiger charge is 2.62. The summed E-state index contributed by atoms with van der Waals surface area (Å²) in [6.07, 6.45) is 6.60. The van der Waals surface area contributed by atoms with Gasteiger partial charge in [0.25, 0.3) is 0 Å². The molecule has 6 heteroatoms. The second kappa shape index (κ2) is 5.78. The van der Waals surface area contributed by atoms with Crippen LogP contribution < -0.4 is 10.2 Å². The highest BCUT2D eigenvalue weighted by Crippen LogP contribution is 2.48. The molecule has 5 nitrogen and oxygen atoms in total. The minimum atomic E-state index is -1.05. The van der Waals surface area contributed by atoms with Gasteiger partial charge in [-0.3, -0.25) is 14.5 Å². The summed E-state index contributed by atoms with van der Waals surface area (Å²) in [6, 6.07) is 8.33. The van der Waals surface area contributed by atoms with E-state index in [2.05, 4.69) is 22.3 Å². The fraction of sp³-hybridized carbons (Fsp3) is 0.550. The molecule has 3 aliphatic heterocycles. The highest BCUT2D eigenvalue weighted by atomic mass is 32.1.